The third kappa shape index (κ3) is 8.85. The second-order valence-electron chi connectivity index (χ2n) is 3.08. The Hall–Kier alpha value is -1.24. The maximum absolute atomic E-state index is 10.9. The molecule has 4 nitrogen and oxygen atoms in total. The number of nitrogens with one attached hydrogen (secondary N) is 2. The predicted molar refractivity (Wildman–Crippen MR) is 57.0 cm³/mol. The van der Waals surface area contributed by atoms with Crippen LogP contribution in [0.2, 0.25) is 0 Å². The lowest BCUT2D eigenvalue weighted by atomic mass is 10.2. The summed E-state index contributed by atoms with van der Waals surface area (Å²) in [5.74, 6) is 0. The normalized spacial score (nSPS) is 9.14. The lowest BCUT2D eigenvalue weighted by molar-refractivity contribution is 0.241. The molecule has 0 saturated heterocycles. The zero-order valence-corrected chi connectivity index (χ0v) is 8.81. The van der Waals surface area contributed by atoms with Crippen molar-refractivity contribution in [2.45, 2.75) is 32.6 Å². The molecule has 0 fully saturated rings. The van der Waals surface area contributed by atoms with Crippen LogP contribution in [0.25, 0.3) is 4.85 Å². The second-order valence-corrected chi connectivity index (χ2v) is 3.08. The van der Waals surface area contributed by atoms with Crippen molar-refractivity contribution >= 4 is 6.03 Å². The molecular formula is C10H19N3O. The van der Waals surface area contributed by atoms with Gasteiger partial charge in [0.1, 0.15) is 0 Å². The molecule has 0 aliphatic carbocycles. The molecule has 4 heteroatoms. The molecule has 0 rings (SSSR count). The average molecular weight is 197 g/mol. The Morgan fingerprint density at radius 2 is 1.93 bits per heavy atom. The molecule has 0 aromatic carbocycles. The fourth-order valence-corrected chi connectivity index (χ4v) is 1.09. The summed E-state index contributed by atoms with van der Waals surface area (Å²) in [6.45, 7) is 10.5. The summed E-state index contributed by atoms with van der Waals surface area (Å²) >= 11 is 0. The summed E-state index contributed by atoms with van der Waals surface area (Å²) in [5, 5.41) is 5.43. The first kappa shape index (κ1) is 12.8. The van der Waals surface area contributed by atoms with Crippen molar-refractivity contribution in [2.75, 3.05) is 19.6 Å². The highest BCUT2D eigenvalue weighted by Crippen LogP contribution is 1.98. The van der Waals surface area contributed by atoms with Crippen LogP contribution in [0.4, 0.5) is 4.79 Å². The molecule has 0 aliphatic heterocycles. The van der Waals surface area contributed by atoms with Gasteiger partial charge in [-0.3, -0.25) is 0 Å². The first-order valence-electron chi connectivity index (χ1n) is 5.16. The molecule has 0 heterocycles. The van der Waals surface area contributed by atoms with Crippen molar-refractivity contribution in [3.63, 3.8) is 0 Å². The molecule has 0 spiro atoms. The summed E-state index contributed by atoms with van der Waals surface area (Å²) < 4.78 is 0. The fraction of sp³-hybridized carbons (Fsp3) is 0.800. The van der Waals surface area contributed by atoms with Gasteiger partial charge >= 0.3 is 6.03 Å². The SMILES string of the molecule is [C-]#[N+]CCCCCCNC(=O)NCC. The molecule has 0 aromatic rings. The van der Waals surface area contributed by atoms with Crippen molar-refractivity contribution in [1.82, 2.24) is 10.6 Å². The Balaban J connectivity index is 3.06. The summed E-state index contributed by atoms with van der Waals surface area (Å²) in [6.07, 6.45) is 4.14. The average Bonchev–Trinajstić information content (AvgIpc) is 2.17. The van der Waals surface area contributed by atoms with E-state index in [2.05, 4.69) is 15.5 Å². The summed E-state index contributed by atoms with van der Waals surface area (Å²) in [6, 6.07) is -0.0892. The van der Waals surface area contributed by atoms with Gasteiger partial charge in [0.15, 0.2) is 0 Å². The van der Waals surface area contributed by atoms with Crippen molar-refractivity contribution in [1.29, 1.82) is 0 Å². The molecular weight excluding hydrogens is 178 g/mol. The highest BCUT2D eigenvalue weighted by molar-refractivity contribution is 5.73. The number of urea groups is 1. The minimum absolute atomic E-state index is 0.0892. The first-order chi connectivity index (χ1) is 6.81. The van der Waals surface area contributed by atoms with Crippen LogP contribution >= 0.6 is 0 Å². The monoisotopic (exact) mass is 197 g/mol. The van der Waals surface area contributed by atoms with E-state index in [4.69, 9.17) is 6.57 Å². The van der Waals surface area contributed by atoms with Gasteiger partial charge < -0.3 is 15.5 Å². The zero-order valence-electron chi connectivity index (χ0n) is 8.81. The Labute approximate surface area is 85.9 Å². The summed E-state index contributed by atoms with van der Waals surface area (Å²) in [4.78, 5) is 14.2. The molecule has 0 aromatic heterocycles. The Bertz CT molecular complexity index is 186. The van der Waals surface area contributed by atoms with E-state index in [1.807, 2.05) is 6.92 Å². The number of carbonyl (C=O) groups is 1. The van der Waals surface area contributed by atoms with Crippen LogP contribution in [0.15, 0.2) is 0 Å². The molecule has 80 valence electrons. The quantitative estimate of drug-likeness (QED) is 0.474. The standard InChI is InChI=1S/C10H19N3O/c1-3-12-10(14)13-9-7-5-4-6-8-11-2/h3-9H2,1H3,(H2,12,13,14). The number of amides is 2. The van der Waals surface area contributed by atoms with Gasteiger partial charge in [0.05, 0.1) is 0 Å². The highest BCUT2D eigenvalue weighted by atomic mass is 16.2. The van der Waals surface area contributed by atoms with Crippen LogP contribution in [0.1, 0.15) is 32.6 Å². The molecule has 0 radical (unpaired) electrons. The fourth-order valence-electron chi connectivity index (χ4n) is 1.09. The number of carbonyl (C=O) groups excluding carboxylic acids is 1. The van der Waals surface area contributed by atoms with Gasteiger partial charge in [0.25, 0.3) is 0 Å². The lowest BCUT2D eigenvalue weighted by Gasteiger charge is -2.04. The van der Waals surface area contributed by atoms with Crippen LogP contribution in [-0.2, 0) is 0 Å². The number of hydrogen-bond donors (Lipinski definition) is 2. The van der Waals surface area contributed by atoms with E-state index in [1.165, 1.54) is 0 Å². The largest absolute Gasteiger partial charge is 0.338 e. The smallest absolute Gasteiger partial charge is 0.314 e. The Morgan fingerprint density at radius 1 is 1.21 bits per heavy atom. The molecule has 14 heavy (non-hydrogen) atoms. The van der Waals surface area contributed by atoms with Crippen molar-refractivity contribution in [3.8, 4) is 0 Å². The topological polar surface area (TPSA) is 45.5 Å². The van der Waals surface area contributed by atoms with E-state index < -0.39 is 0 Å². The van der Waals surface area contributed by atoms with Gasteiger partial charge in [-0.05, 0) is 19.8 Å². The third-order valence-corrected chi connectivity index (χ3v) is 1.82. The van der Waals surface area contributed by atoms with Gasteiger partial charge in [-0.15, -0.1) is 0 Å². The van der Waals surface area contributed by atoms with Crippen LogP contribution in [0.5, 0.6) is 0 Å². The summed E-state index contributed by atoms with van der Waals surface area (Å²) in [7, 11) is 0. The molecule has 0 atom stereocenters. The van der Waals surface area contributed by atoms with Crippen molar-refractivity contribution in [3.05, 3.63) is 11.4 Å². The van der Waals surface area contributed by atoms with Gasteiger partial charge in [-0.25, -0.2) is 11.4 Å². The van der Waals surface area contributed by atoms with Crippen LogP contribution < -0.4 is 10.6 Å². The van der Waals surface area contributed by atoms with Crippen LogP contribution in [0, 0.1) is 6.57 Å². The number of hydrogen-bond acceptors (Lipinski definition) is 1. The molecule has 0 bridgehead atoms. The van der Waals surface area contributed by atoms with Gasteiger partial charge in [-0.2, -0.15) is 0 Å². The first-order valence-corrected chi connectivity index (χ1v) is 5.16. The zero-order chi connectivity index (χ0) is 10.6. The molecule has 2 amide bonds. The molecule has 0 aliphatic rings. The van der Waals surface area contributed by atoms with Gasteiger partial charge in [-0.1, -0.05) is 6.42 Å². The predicted octanol–water partition coefficient (Wildman–Crippen LogP) is 1.79. The minimum Gasteiger partial charge on any atom is -0.338 e. The van der Waals surface area contributed by atoms with E-state index in [1.54, 1.807) is 0 Å². The van der Waals surface area contributed by atoms with Crippen LogP contribution in [-0.4, -0.2) is 25.7 Å². The lowest BCUT2D eigenvalue weighted by Crippen LogP contribution is -2.35. The maximum atomic E-state index is 10.9. The van der Waals surface area contributed by atoms with E-state index in [9.17, 15) is 4.79 Å². The number of nitrogens with zero attached hydrogens (tertiary/aromatic N) is 1. The summed E-state index contributed by atoms with van der Waals surface area (Å²) in [5.41, 5.74) is 0. The molecule has 0 unspecified atom stereocenters. The highest BCUT2D eigenvalue weighted by Gasteiger charge is 1.96. The number of unbranched alkanes of at least 4 members (excludes halogenated alkanes) is 3. The van der Waals surface area contributed by atoms with Crippen LogP contribution in [0.3, 0.4) is 0 Å². The Kier molecular flexibility index (Phi) is 8.97. The van der Waals surface area contributed by atoms with E-state index >= 15 is 0 Å². The molecule has 2 N–H and O–H groups in total. The van der Waals surface area contributed by atoms with E-state index in [0.29, 0.717) is 13.1 Å². The number of rotatable bonds is 7. The molecule has 0 saturated carbocycles. The second kappa shape index (κ2) is 9.85. The van der Waals surface area contributed by atoms with Crippen molar-refractivity contribution in [2.24, 2.45) is 0 Å². The van der Waals surface area contributed by atoms with E-state index in [-0.39, 0.29) is 6.03 Å². The maximum Gasteiger partial charge on any atom is 0.314 e. The van der Waals surface area contributed by atoms with Gasteiger partial charge in [0.2, 0.25) is 6.54 Å². The van der Waals surface area contributed by atoms with E-state index in [0.717, 1.165) is 32.2 Å². The Morgan fingerprint density at radius 3 is 2.57 bits per heavy atom. The van der Waals surface area contributed by atoms with Gasteiger partial charge in [0, 0.05) is 19.5 Å². The third-order valence-electron chi connectivity index (χ3n) is 1.82. The van der Waals surface area contributed by atoms with Crippen molar-refractivity contribution < 1.29 is 4.79 Å². The minimum atomic E-state index is -0.0892.